The van der Waals surface area contributed by atoms with Gasteiger partial charge in [-0.1, -0.05) is 30.3 Å². The van der Waals surface area contributed by atoms with E-state index in [4.69, 9.17) is 10.5 Å². The van der Waals surface area contributed by atoms with E-state index in [2.05, 4.69) is 36.4 Å². The van der Waals surface area contributed by atoms with Gasteiger partial charge in [-0.2, -0.15) is 0 Å². The van der Waals surface area contributed by atoms with Gasteiger partial charge in [-0.25, -0.2) is 0 Å². The lowest BCUT2D eigenvalue weighted by Crippen LogP contribution is -2.03. The minimum Gasteiger partial charge on any atom is -0.496 e. The molecule has 2 N–H and O–H groups in total. The summed E-state index contributed by atoms with van der Waals surface area (Å²) in [6.45, 7) is 0.775. The zero-order chi connectivity index (χ0) is 11.8. The smallest absolute Gasteiger partial charge is 0.122 e. The summed E-state index contributed by atoms with van der Waals surface area (Å²) in [4.78, 5) is 0. The Bertz CT molecular complexity index is 550. The fourth-order valence-electron chi connectivity index (χ4n) is 2.70. The number of hydrogen-bond acceptors (Lipinski definition) is 2. The molecule has 0 unspecified atom stereocenters. The molecule has 2 heteroatoms. The third kappa shape index (κ3) is 1.69. The van der Waals surface area contributed by atoms with Gasteiger partial charge in [0.05, 0.1) is 7.11 Å². The highest BCUT2D eigenvalue weighted by Gasteiger charge is 2.39. The van der Waals surface area contributed by atoms with Crippen LogP contribution in [0.1, 0.15) is 17.9 Å². The molecular weight excluding hydrogens is 210 g/mol. The van der Waals surface area contributed by atoms with E-state index in [1.165, 1.54) is 22.8 Å². The summed E-state index contributed by atoms with van der Waals surface area (Å²) in [5, 5.41) is 2.60. The topological polar surface area (TPSA) is 35.2 Å². The first-order chi connectivity index (χ1) is 8.35. The minimum absolute atomic E-state index is 0.584. The predicted octanol–water partition coefficient (Wildman–Crippen LogP) is 2.91. The summed E-state index contributed by atoms with van der Waals surface area (Å²) in [5.74, 6) is 2.22. The first kappa shape index (κ1) is 10.6. The number of hydrogen-bond donors (Lipinski definition) is 1. The zero-order valence-electron chi connectivity index (χ0n) is 10.0. The zero-order valence-corrected chi connectivity index (χ0v) is 10.0. The first-order valence-electron chi connectivity index (χ1n) is 6.11. The van der Waals surface area contributed by atoms with E-state index >= 15 is 0 Å². The van der Waals surface area contributed by atoms with Crippen LogP contribution in [-0.2, 0) is 0 Å². The van der Waals surface area contributed by atoms with E-state index in [1.54, 1.807) is 7.11 Å². The van der Waals surface area contributed by atoms with E-state index in [0.29, 0.717) is 11.8 Å². The van der Waals surface area contributed by atoms with Gasteiger partial charge in [-0.05, 0) is 41.6 Å². The molecule has 2 nitrogen and oxygen atoms in total. The summed E-state index contributed by atoms with van der Waals surface area (Å²) >= 11 is 0. The van der Waals surface area contributed by atoms with E-state index in [-0.39, 0.29) is 0 Å². The van der Waals surface area contributed by atoms with Gasteiger partial charge in [0.25, 0.3) is 0 Å². The quantitative estimate of drug-likeness (QED) is 0.875. The Morgan fingerprint density at radius 1 is 1.24 bits per heavy atom. The van der Waals surface area contributed by atoms with Crippen LogP contribution in [0.5, 0.6) is 5.75 Å². The molecule has 0 saturated heterocycles. The molecule has 0 bridgehead atoms. The Kier molecular flexibility index (Phi) is 2.52. The van der Waals surface area contributed by atoms with Crippen molar-refractivity contribution >= 4 is 10.8 Å². The van der Waals surface area contributed by atoms with E-state index in [1.807, 2.05) is 0 Å². The van der Waals surface area contributed by atoms with Gasteiger partial charge in [0, 0.05) is 5.56 Å². The number of methoxy groups -OCH3 is 1. The highest BCUT2D eigenvalue weighted by atomic mass is 16.5. The Labute approximate surface area is 101 Å². The largest absolute Gasteiger partial charge is 0.496 e. The van der Waals surface area contributed by atoms with Crippen molar-refractivity contribution in [3.8, 4) is 5.75 Å². The van der Waals surface area contributed by atoms with Crippen LogP contribution in [0.2, 0.25) is 0 Å². The van der Waals surface area contributed by atoms with Crippen molar-refractivity contribution in [1.29, 1.82) is 0 Å². The molecule has 0 spiro atoms. The first-order valence-corrected chi connectivity index (χ1v) is 6.11. The van der Waals surface area contributed by atoms with Crippen molar-refractivity contribution in [3.63, 3.8) is 0 Å². The standard InChI is InChI=1S/C15H17NO/c1-17-14-7-6-10-4-2-3-5-12(10)15(14)13-8-11(13)9-16/h2-7,11,13H,8-9,16H2,1H3/t11-,13-/m1/s1. The van der Waals surface area contributed by atoms with Crippen LogP contribution in [0, 0.1) is 5.92 Å². The van der Waals surface area contributed by atoms with E-state index in [0.717, 1.165) is 12.3 Å². The average molecular weight is 227 g/mol. The number of rotatable bonds is 3. The highest BCUT2D eigenvalue weighted by Crippen LogP contribution is 2.51. The molecule has 0 radical (unpaired) electrons. The van der Waals surface area contributed by atoms with Gasteiger partial charge in [-0.15, -0.1) is 0 Å². The molecule has 0 amide bonds. The van der Waals surface area contributed by atoms with Crippen molar-refractivity contribution in [3.05, 3.63) is 42.0 Å². The second-order valence-electron chi connectivity index (χ2n) is 4.74. The normalized spacial score (nSPS) is 22.7. The van der Waals surface area contributed by atoms with Gasteiger partial charge in [0.15, 0.2) is 0 Å². The average Bonchev–Trinajstić information content (AvgIpc) is 3.16. The molecule has 0 aliphatic heterocycles. The van der Waals surface area contributed by atoms with Crippen LogP contribution >= 0.6 is 0 Å². The summed E-state index contributed by atoms with van der Waals surface area (Å²) in [6, 6.07) is 12.7. The fraction of sp³-hybridized carbons (Fsp3) is 0.333. The number of ether oxygens (including phenoxy) is 1. The van der Waals surface area contributed by atoms with Crippen LogP contribution in [0.4, 0.5) is 0 Å². The summed E-state index contributed by atoms with van der Waals surface area (Å²) in [5.41, 5.74) is 7.10. The fourth-order valence-corrected chi connectivity index (χ4v) is 2.70. The van der Waals surface area contributed by atoms with Crippen molar-refractivity contribution in [1.82, 2.24) is 0 Å². The Morgan fingerprint density at radius 2 is 2.06 bits per heavy atom. The lowest BCUT2D eigenvalue weighted by molar-refractivity contribution is 0.410. The maximum Gasteiger partial charge on any atom is 0.122 e. The van der Waals surface area contributed by atoms with Gasteiger partial charge in [0.1, 0.15) is 5.75 Å². The highest BCUT2D eigenvalue weighted by molar-refractivity contribution is 5.88. The molecule has 17 heavy (non-hydrogen) atoms. The SMILES string of the molecule is COc1ccc2ccccc2c1[C@@H]1C[C@@H]1CN. The third-order valence-corrected chi connectivity index (χ3v) is 3.75. The van der Waals surface area contributed by atoms with Crippen LogP contribution in [0.25, 0.3) is 10.8 Å². The van der Waals surface area contributed by atoms with E-state index in [9.17, 15) is 0 Å². The van der Waals surface area contributed by atoms with Crippen molar-refractivity contribution < 1.29 is 4.74 Å². The Hall–Kier alpha value is -1.54. The number of fused-ring (bicyclic) bond motifs is 1. The lowest BCUT2D eigenvalue weighted by atomic mass is 9.99. The monoisotopic (exact) mass is 227 g/mol. The number of benzene rings is 2. The Morgan fingerprint density at radius 3 is 2.76 bits per heavy atom. The lowest BCUT2D eigenvalue weighted by Gasteiger charge is -2.11. The molecule has 1 aliphatic carbocycles. The van der Waals surface area contributed by atoms with Crippen LogP contribution in [-0.4, -0.2) is 13.7 Å². The molecule has 1 fully saturated rings. The molecule has 3 rings (SSSR count). The molecule has 0 heterocycles. The third-order valence-electron chi connectivity index (χ3n) is 3.75. The second kappa shape index (κ2) is 4.04. The van der Waals surface area contributed by atoms with Crippen molar-refractivity contribution in [2.75, 3.05) is 13.7 Å². The summed E-state index contributed by atoms with van der Waals surface area (Å²) in [6.07, 6.45) is 1.20. The summed E-state index contributed by atoms with van der Waals surface area (Å²) < 4.78 is 5.51. The van der Waals surface area contributed by atoms with Gasteiger partial charge in [-0.3, -0.25) is 0 Å². The van der Waals surface area contributed by atoms with Crippen molar-refractivity contribution in [2.45, 2.75) is 12.3 Å². The predicted molar refractivity (Wildman–Crippen MR) is 70.4 cm³/mol. The van der Waals surface area contributed by atoms with Gasteiger partial charge >= 0.3 is 0 Å². The molecule has 2 aromatic carbocycles. The maximum absolute atomic E-state index is 5.76. The van der Waals surface area contributed by atoms with Crippen LogP contribution in [0.3, 0.4) is 0 Å². The van der Waals surface area contributed by atoms with Crippen LogP contribution in [0.15, 0.2) is 36.4 Å². The molecular formula is C15H17NO. The van der Waals surface area contributed by atoms with Gasteiger partial charge in [0.2, 0.25) is 0 Å². The molecule has 0 aromatic heterocycles. The van der Waals surface area contributed by atoms with Crippen molar-refractivity contribution in [2.24, 2.45) is 11.7 Å². The van der Waals surface area contributed by atoms with Crippen LogP contribution < -0.4 is 10.5 Å². The molecule has 1 aliphatic rings. The summed E-state index contributed by atoms with van der Waals surface area (Å²) in [7, 11) is 1.74. The Balaban J connectivity index is 2.18. The molecule has 2 aromatic rings. The second-order valence-corrected chi connectivity index (χ2v) is 4.74. The minimum atomic E-state index is 0.584. The maximum atomic E-state index is 5.76. The molecule has 2 atom stereocenters. The molecule has 88 valence electrons. The van der Waals surface area contributed by atoms with Gasteiger partial charge < -0.3 is 10.5 Å². The van der Waals surface area contributed by atoms with E-state index < -0.39 is 0 Å². The molecule has 1 saturated carbocycles. The number of nitrogens with two attached hydrogens (primary N) is 1.